The topological polar surface area (TPSA) is 120 Å². The molecule has 0 aromatic rings. The molecule has 0 aliphatic rings. The molecule has 0 atom stereocenters. The van der Waals surface area contributed by atoms with Gasteiger partial charge in [-0.2, -0.15) is 0 Å². The molecule has 0 unspecified atom stereocenters. The van der Waals surface area contributed by atoms with E-state index in [4.69, 9.17) is 56.6 Å². The van der Waals surface area contributed by atoms with E-state index in [1.165, 1.54) is 0 Å². The highest BCUT2D eigenvalue weighted by molar-refractivity contribution is 6.77. The Balaban J connectivity index is 7.99. The molecule has 0 aromatic carbocycles. The maximum atomic E-state index is 7.29. The largest absolute Gasteiger partial charge is 0.673 e. The van der Waals surface area contributed by atoms with E-state index >= 15 is 0 Å². The Morgan fingerprint density at radius 1 is 0.193 bits per heavy atom. The number of hydrogen-bond donors (Lipinski definition) is 0. The second kappa shape index (κ2) is 38.1. The van der Waals surface area contributed by atoms with Crippen LogP contribution in [0.5, 0.6) is 0 Å². The molecule has 0 heterocycles. The Bertz CT molecular complexity index is 729. The number of unbranched alkanes of at least 4 members (excludes halogenated alkanes) is 10. The van der Waals surface area contributed by atoms with E-state index in [1.807, 2.05) is 0 Å². The number of rotatable bonds is 46. The van der Waals surface area contributed by atoms with Crippen molar-refractivity contribution in [3.8, 4) is 0 Å². The van der Waals surface area contributed by atoms with Gasteiger partial charge in [-0.1, -0.05) is 133 Å². The molecule has 0 fully saturated rings. The molecule has 0 bridgehead atoms. The van der Waals surface area contributed by atoms with E-state index in [0.29, 0.717) is 66.1 Å². The molecule has 0 spiro atoms. The zero-order chi connectivity index (χ0) is 42.4. The first-order valence-corrected chi connectivity index (χ1v) is 29.8. The molecular weight excluding hydrogens is 801 g/mol. The maximum absolute atomic E-state index is 7.29. The number of hydrogen-bond acceptors (Lipinski definition) is 13. The summed E-state index contributed by atoms with van der Waals surface area (Å²) in [7, 11) is -16.9. The summed E-state index contributed by atoms with van der Waals surface area (Å²) in [6, 6.07) is 0. The minimum Gasteiger partial charge on any atom is -0.352 e. The fourth-order valence-electron chi connectivity index (χ4n) is 4.66. The van der Waals surface area contributed by atoms with Gasteiger partial charge in [-0.05, 0) is 64.2 Å². The summed E-state index contributed by atoms with van der Waals surface area (Å²) < 4.78 is 88.7. The highest BCUT2D eigenvalue weighted by atomic mass is 28.5. The van der Waals surface area contributed by atoms with Crippen molar-refractivity contribution in [1.82, 2.24) is 0 Å². The van der Waals surface area contributed by atoms with E-state index in [-0.39, 0.29) is 0 Å². The maximum Gasteiger partial charge on any atom is 0.673 e. The van der Waals surface area contributed by atoms with Gasteiger partial charge in [0, 0.05) is 66.1 Å². The molecule has 13 nitrogen and oxygen atoms in total. The minimum absolute atomic E-state index is 0.294. The van der Waals surface area contributed by atoms with Crippen LogP contribution in [0.3, 0.4) is 0 Å². The first-order chi connectivity index (χ1) is 27.7. The van der Waals surface area contributed by atoms with Crippen molar-refractivity contribution in [2.45, 2.75) is 198 Å². The fourth-order valence-corrected chi connectivity index (χ4v) is 17.3. The van der Waals surface area contributed by atoms with Crippen LogP contribution in [0, 0.1) is 0 Å². The van der Waals surface area contributed by atoms with Crippen LogP contribution in [0.4, 0.5) is 0 Å². The first-order valence-electron chi connectivity index (χ1n) is 23.2. The van der Waals surface area contributed by atoms with Gasteiger partial charge in [0.2, 0.25) is 0 Å². The second-order valence-electron chi connectivity index (χ2n) is 14.3. The van der Waals surface area contributed by atoms with Gasteiger partial charge < -0.3 is 56.6 Å². The molecule has 0 saturated carbocycles. The van der Waals surface area contributed by atoms with E-state index in [9.17, 15) is 0 Å². The van der Waals surface area contributed by atoms with Crippen LogP contribution in [0.1, 0.15) is 198 Å². The summed E-state index contributed by atoms with van der Waals surface area (Å²) in [5.74, 6) is 0. The van der Waals surface area contributed by atoms with Crippen molar-refractivity contribution in [1.29, 1.82) is 0 Å². The summed E-state index contributed by atoms with van der Waals surface area (Å²) in [5.41, 5.74) is 0. The SMILES string of the molecule is CCCCO[Si](OCCCC)(OCCCC)O[Si](OCCCC)(OCCCC)O[Si](OCCCC)(OCCCC)O[Si](OCCCC)(OCCCC)OCCCC. The molecule has 0 radical (unpaired) electrons. The summed E-state index contributed by atoms with van der Waals surface area (Å²) >= 11 is 0. The van der Waals surface area contributed by atoms with Gasteiger partial charge in [-0.15, -0.1) is 0 Å². The molecule has 0 saturated heterocycles. The zero-order valence-corrected chi connectivity index (χ0v) is 42.5. The van der Waals surface area contributed by atoms with Crippen LogP contribution >= 0.6 is 0 Å². The lowest BCUT2D eigenvalue weighted by molar-refractivity contribution is -0.0912. The van der Waals surface area contributed by atoms with Crippen molar-refractivity contribution in [2.75, 3.05) is 66.1 Å². The highest BCUT2D eigenvalue weighted by Gasteiger charge is 2.69. The second-order valence-corrected chi connectivity index (χ2v) is 23.7. The van der Waals surface area contributed by atoms with Crippen molar-refractivity contribution in [3.63, 3.8) is 0 Å². The minimum atomic E-state index is -4.43. The Morgan fingerprint density at radius 2 is 0.316 bits per heavy atom. The third-order valence-electron chi connectivity index (χ3n) is 8.52. The van der Waals surface area contributed by atoms with Crippen LogP contribution < -0.4 is 0 Å². The monoisotopic (exact) mass is 891 g/mol. The van der Waals surface area contributed by atoms with Gasteiger partial charge in [0.1, 0.15) is 0 Å². The van der Waals surface area contributed by atoms with E-state index in [2.05, 4.69) is 69.2 Å². The van der Waals surface area contributed by atoms with E-state index in [0.717, 1.165) is 128 Å². The van der Waals surface area contributed by atoms with Gasteiger partial charge in [0.25, 0.3) is 0 Å². The van der Waals surface area contributed by atoms with Crippen molar-refractivity contribution >= 4 is 36.2 Å². The molecule has 0 rings (SSSR count). The van der Waals surface area contributed by atoms with E-state index in [1.54, 1.807) is 0 Å². The van der Waals surface area contributed by atoms with Gasteiger partial charge in [-0.3, -0.25) is 0 Å². The van der Waals surface area contributed by atoms with Crippen LogP contribution in [0.15, 0.2) is 0 Å². The summed E-state index contributed by atoms with van der Waals surface area (Å²) in [6.07, 6.45) is 16.8. The van der Waals surface area contributed by atoms with Gasteiger partial charge >= 0.3 is 36.2 Å². The van der Waals surface area contributed by atoms with Crippen LogP contribution in [-0.2, 0) is 56.6 Å². The quantitative estimate of drug-likeness (QED) is 0.0426. The third kappa shape index (κ3) is 27.1. The highest BCUT2D eigenvalue weighted by Crippen LogP contribution is 2.32. The standard InChI is InChI=1S/C40H90O13Si4/c1-11-21-31-41-54(42-32-22-12-2,43-33-23-13-3)51-56(47-37-27-17-7,48-38-28-18-8)53-57(49-39-29-19-9,50-40-30-20-10)52-55(44-34-24-14-4,45-35-25-15-5)46-36-26-16-6/h11-40H2,1-10H3. The summed E-state index contributed by atoms with van der Waals surface area (Å²) in [4.78, 5) is 0. The zero-order valence-electron chi connectivity index (χ0n) is 38.5. The Labute approximate surface area is 355 Å². The first kappa shape index (κ1) is 57.3. The molecule has 57 heavy (non-hydrogen) atoms. The van der Waals surface area contributed by atoms with Crippen LogP contribution in [-0.4, -0.2) is 102 Å². The molecule has 0 aliphatic carbocycles. The Hall–Kier alpha value is 0.348. The van der Waals surface area contributed by atoms with Crippen molar-refractivity contribution < 1.29 is 56.6 Å². The van der Waals surface area contributed by atoms with Gasteiger partial charge in [-0.25, -0.2) is 0 Å². The normalized spacial score (nSPS) is 12.9. The molecule has 0 aliphatic heterocycles. The van der Waals surface area contributed by atoms with Crippen LogP contribution in [0.25, 0.3) is 0 Å². The molecule has 17 heteroatoms. The van der Waals surface area contributed by atoms with Crippen molar-refractivity contribution in [3.05, 3.63) is 0 Å². The lowest BCUT2D eigenvalue weighted by Crippen LogP contribution is -2.70. The average molecular weight is 891 g/mol. The molecule has 0 amide bonds. The van der Waals surface area contributed by atoms with Gasteiger partial charge in [0.15, 0.2) is 0 Å². The smallest absolute Gasteiger partial charge is 0.352 e. The summed E-state index contributed by atoms with van der Waals surface area (Å²) in [6.45, 7) is 24.6. The average Bonchev–Trinajstić information content (AvgIpc) is 3.19. The molecule has 0 N–H and O–H groups in total. The third-order valence-corrected chi connectivity index (χ3v) is 20.1. The van der Waals surface area contributed by atoms with E-state index < -0.39 is 36.2 Å². The Kier molecular flexibility index (Phi) is 38.3. The predicted octanol–water partition coefficient (Wildman–Crippen LogP) is 10.9. The lowest BCUT2D eigenvalue weighted by atomic mass is 10.4. The predicted molar refractivity (Wildman–Crippen MR) is 235 cm³/mol. The van der Waals surface area contributed by atoms with Crippen molar-refractivity contribution in [2.24, 2.45) is 0 Å². The summed E-state index contributed by atoms with van der Waals surface area (Å²) in [5, 5.41) is 0. The fraction of sp³-hybridized carbons (Fsp3) is 1.00. The van der Waals surface area contributed by atoms with Gasteiger partial charge in [0.05, 0.1) is 0 Å². The lowest BCUT2D eigenvalue weighted by Gasteiger charge is -2.41. The Morgan fingerprint density at radius 3 is 0.456 bits per heavy atom. The molecule has 0 aromatic heterocycles. The molecular formula is C40H90O13Si4. The molecule has 344 valence electrons. The van der Waals surface area contributed by atoms with Crippen LogP contribution in [0.2, 0.25) is 0 Å².